The molecule has 0 aromatic rings. The number of aliphatic hydroxyl groups is 8. The van der Waals surface area contributed by atoms with Crippen LogP contribution in [-0.4, -0.2) is 140 Å². The SMILES string of the molecule is C/C=C/CC/C=C/CC/C=C/C(O)C(COC1OC(CO)C(OC2OC(CO)C(O)C(O)C2O)C(O)C1O)NC(=O)CCCCCCCCCCCCCCC/C=C\C/C=C\C/C=C\C/C=C\C/C=C\CC. The van der Waals surface area contributed by atoms with E-state index in [0.29, 0.717) is 12.8 Å². The first kappa shape index (κ1) is 65.0. The van der Waals surface area contributed by atoms with Gasteiger partial charge in [-0.2, -0.15) is 0 Å². The molecular weight excluding hydrogens is 919 g/mol. The van der Waals surface area contributed by atoms with E-state index in [1.54, 1.807) is 6.08 Å². The van der Waals surface area contributed by atoms with E-state index in [9.17, 15) is 45.6 Å². The van der Waals surface area contributed by atoms with Crippen LogP contribution in [-0.2, 0) is 23.7 Å². The van der Waals surface area contributed by atoms with Crippen molar-refractivity contribution < 1.29 is 64.6 Å². The molecule has 0 saturated carbocycles. The van der Waals surface area contributed by atoms with Crippen molar-refractivity contribution >= 4 is 5.91 Å². The Hall–Kier alpha value is -3.09. The van der Waals surface area contributed by atoms with Crippen LogP contribution in [0.25, 0.3) is 0 Å². The van der Waals surface area contributed by atoms with Gasteiger partial charge >= 0.3 is 0 Å². The summed E-state index contributed by atoms with van der Waals surface area (Å²) in [5.41, 5.74) is 0. The summed E-state index contributed by atoms with van der Waals surface area (Å²) in [5.74, 6) is -0.263. The lowest BCUT2D eigenvalue weighted by atomic mass is 9.97. The first-order valence-corrected chi connectivity index (χ1v) is 27.4. The zero-order chi connectivity index (χ0) is 52.4. The molecule has 14 heteroatoms. The second kappa shape index (κ2) is 43.2. The van der Waals surface area contributed by atoms with Crippen LogP contribution in [0.3, 0.4) is 0 Å². The summed E-state index contributed by atoms with van der Waals surface area (Å²) in [7, 11) is 0. The van der Waals surface area contributed by atoms with E-state index in [1.807, 2.05) is 19.1 Å². The van der Waals surface area contributed by atoms with Gasteiger partial charge in [0.2, 0.25) is 5.91 Å². The number of ether oxygens (including phenoxy) is 4. The lowest BCUT2D eigenvalue weighted by Gasteiger charge is -2.46. The Balaban J connectivity index is 1.68. The van der Waals surface area contributed by atoms with E-state index < -0.39 is 86.8 Å². The number of carbonyl (C=O) groups is 1. The monoisotopic (exact) mass is 1020 g/mol. The average molecular weight is 1020 g/mol. The largest absolute Gasteiger partial charge is 0.394 e. The predicted molar refractivity (Wildman–Crippen MR) is 286 cm³/mol. The van der Waals surface area contributed by atoms with Crippen molar-refractivity contribution in [1.82, 2.24) is 5.32 Å². The Morgan fingerprint density at radius 2 is 0.986 bits per heavy atom. The van der Waals surface area contributed by atoms with Crippen LogP contribution in [0.1, 0.15) is 168 Å². The third-order valence-corrected chi connectivity index (χ3v) is 12.8. The molecule has 0 radical (unpaired) electrons. The fraction of sp³-hybridized carbons (Fsp3) is 0.707. The normalized spacial score (nSPS) is 26.4. The molecule has 2 heterocycles. The predicted octanol–water partition coefficient (Wildman–Crippen LogP) is 8.32. The van der Waals surface area contributed by atoms with Crippen molar-refractivity contribution in [3.63, 3.8) is 0 Å². The van der Waals surface area contributed by atoms with Gasteiger partial charge in [-0.05, 0) is 84.0 Å². The standard InChI is InChI=1S/C58H97NO13/c1-3-5-7-9-11-13-14-15-16-17-18-19-20-21-22-23-24-25-26-27-28-29-30-31-32-34-36-38-40-42-50(63)59-46(47(62)41-39-37-35-33-12-10-8-6-4-2)45-69-57-55(68)53(66)56(49(44-61)71-57)72-58-54(67)52(65)51(64)48(43-60)70-58/h4-7,11-13,15-16,18-19,21-22,33,39,41,46-49,51-58,60-62,64-68H,3,8-10,14,17,20,23-32,34-38,40,42-45H2,1-2H3,(H,59,63)/b6-4+,7-5-,13-11-,16-15-,19-18-,22-21-,33-12+,41-39+. The molecule has 12 unspecified atom stereocenters. The maximum absolute atomic E-state index is 13.2. The van der Waals surface area contributed by atoms with Crippen molar-refractivity contribution in [3.05, 3.63) is 97.2 Å². The molecule has 0 spiro atoms. The molecule has 0 aliphatic carbocycles. The van der Waals surface area contributed by atoms with Crippen LogP contribution < -0.4 is 5.32 Å². The molecular formula is C58H97NO13. The summed E-state index contributed by atoms with van der Waals surface area (Å²) in [5, 5.41) is 86.6. The highest BCUT2D eigenvalue weighted by atomic mass is 16.7. The van der Waals surface area contributed by atoms with Crippen LogP contribution in [0.15, 0.2) is 97.2 Å². The van der Waals surface area contributed by atoms with Crippen molar-refractivity contribution in [2.45, 2.75) is 242 Å². The van der Waals surface area contributed by atoms with Crippen LogP contribution in [0.2, 0.25) is 0 Å². The van der Waals surface area contributed by atoms with Gasteiger partial charge in [-0.3, -0.25) is 4.79 Å². The zero-order valence-corrected chi connectivity index (χ0v) is 43.9. The molecule has 0 aromatic carbocycles. The first-order chi connectivity index (χ1) is 35.1. The number of unbranched alkanes of at least 4 members (excludes halogenated alkanes) is 15. The molecule has 2 aliphatic heterocycles. The number of nitrogens with one attached hydrogen (secondary N) is 1. The van der Waals surface area contributed by atoms with Gasteiger partial charge in [0.25, 0.3) is 0 Å². The molecule has 412 valence electrons. The number of allylic oxidation sites excluding steroid dienone is 15. The summed E-state index contributed by atoms with van der Waals surface area (Å²) in [6.07, 6.45) is 42.1. The van der Waals surface area contributed by atoms with E-state index in [0.717, 1.165) is 77.0 Å². The average Bonchev–Trinajstić information content (AvgIpc) is 3.38. The van der Waals surface area contributed by atoms with Crippen molar-refractivity contribution in [1.29, 1.82) is 0 Å². The Morgan fingerprint density at radius 1 is 0.528 bits per heavy atom. The molecule has 9 N–H and O–H groups in total. The van der Waals surface area contributed by atoms with Gasteiger partial charge in [0, 0.05) is 6.42 Å². The minimum atomic E-state index is -1.79. The maximum atomic E-state index is 13.2. The van der Waals surface area contributed by atoms with Gasteiger partial charge in [-0.1, -0.05) is 175 Å². The Labute approximate surface area is 433 Å². The molecule has 0 bridgehead atoms. The Bertz CT molecular complexity index is 1570. The second-order valence-corrected chi connectivity index (χ2v) is 19.0. The van der Waals surface area contributed by atoms with E-state index in [4.69, 9.17) is 18.9 Å². The Kier molecular flexibility index (Phi) is 39.0. The van der Waals surface area contributed by atoms with Crippen LogP contribution in [0, 0.1) is 0 Å². The lowest BCUT2D eigenvalue weighted by Crippen LogP contribution is -2.65. The van der Waals surface area contributed by atoms with E-state index in [2.05, 4.69) is 91.2 Å². The maximum Gasteiger partial charge on any atom is 0.220 e. The summed E-state index contributed by atoms with van der Waals surface area (Å²) in [4.78, 5) is 13.2. The minimum absolute atomic E-state index is 0.262. The third-order valence-electron chi connectivity index (χ3n) is 12.8. The van der Waals surface area contributed by atoms with E-state index in [1.165, 1.54) is 57.8 Å². The molecule has 2 aliphatic rings. The van der Waals surface area contributed by atoms with Crippen LogP contribution in [0.4, 0.5) is 0 Å². The number of amides is 1. The lowest BCUT2D eigenvalue weighted by molar-refractivity contribution is -0.359. The molecule has 0 aromatic heterocycles. The zero-order valence-electron chi connectivity index (χ0n) is 43.9. The summed E-state index contributed by atoms with van der Waals surface area (Å²) in [6, 6.07) is -0.941. The molecule has 2 saturated heterocycles. The topological polar surface area (TPSA) is 228 Å². The molecule has 72 heavy (non-hydrogen) atoms. The van der Waals surface area contributed by atoms with E-state index >= 15 is 0 Å². The van der Waals surface area contributed by atoms with Crippen LogP contribution >= 0.6 is 0 Å². The van der Waals surface area contributed by atoms with Crippen molar-refractivity contribution in [2.75, 3.05) is 19.8 Å². The fourth-order valence-corrected chi connectivity index (χ4v) is 8.41. The number of hydrogen-bond acceptors (Lipinski definition) is 13. The summed E-state index contributed by atoms with van der Waals surface area (Å²) < 4.78 is 22.6. The molecule has 12 atom stereocenters. The quantitative estimate of drug-likeness (QED) is 0.0208. The van der Waals surface area contributed by atoms with Gasteiger partial charge in [-0.15, -0.1) is 0 Å². The first-order valence-electron chi connectivity index (χ1n) is 27.4. The fourth-order valence-electron chi connectivity index (χ4n) is 8.41. The molecule has 2 fully saturated rings. The Morgan fingerprint density at radius 3 is 1.53 bits per heavy atom. The number of aliphatic hydroxyl groups excluding tert-OH is 8. The van der Waals surface area contributed by atoms with Crippen molar-refractivity contribution in [3.8, 4) is 0 Å². The van der Waals surface area contributed by atoms with Gasteiger partial charge in [0.1, 0.15) is 48.8 Å². The number of carbonyl (C=O) groups excluding carboxylic acids is 1. The van der Waals surface area contributed by atoms with Gasteiger partial charge in [-0.25, -0.2) is 0 Å². The summed E-state index contributed by atoms with van der Waals surface area (Å²) >= 11 is 0. The molecule has 1 amide bonds. The van der Waals surface area contributed by atoms with Gasteiger partial charge in [0.15, 0.2) is 12.6 Å². The molecule has 2 rings (SSSR count). The number of rotatable bonds is 41. The van der Waals surface area contributed by atoms with Crippen molar-refractivity contribution in [2.24, 2.45) is 0 Å². The highest BCUT2D eigenvalue weighted by Gasteiger charge is 2.51. The molecule has 14 nitrogen and oxygen atoms in total. The van der Waals surface area contributed by atoms with E-state index in [-0.39, 0.29) is 18.9 Å². The highest BCUT2D eigenvalue weighted by molar-refractivity contribution is 5.76. The smallest absolute Gasteiger partial charge is 0.220 e. The van der Waals surface area contributed by atoms with Gasteiger partial charge < -0.3 is 65.1 Å². The minimum Gasteiger partial charge on any atom is -0.394 e. The summed E-state index contributed by atoms with van der Waals surface area (Å²) in [6.45, 7) is 2.39. The third kappa shape index (κ3) is 29.1. The second-order valence-electron chi connectivity index (χ2n) is 19.0. The van der Waals surface area contributed by atoms with Crippen LogP contribution in [0.5, 0.6) is 0 Å². The number of hydrogen-bond donors (Lipinski definition) is 9. The highest BCUT2D eigenvalue weighted by Crippen LogP contribution is 2.30. The van der Waals surface area contributed by atoms with Gasteiger partial charge in [0.05, 0.1) is 32.0 Å².